The minimum Gasteiger partial charge on any atom is -0.356 e. The van der Waals surface area contributed by atoms with Crippen LogP contribution < -0.4 is 5.32 Å². The second-order valence-corrected chi connectivity index (χ2v) is 5.33. The van der Waals surface area contributed by atoms with E-state index < -0.39 is 0 Å². The molecule has 0 saturated carbocycles. The van der Waals surface area contributed by atoms with E-state index in [1.165, 1.54) is 43.4 Å². The van der Waals surface area contributed by atoms with Gasteiger partial charge in [-0.15, -0.1) is 0 Å². The molecule has 1 N–H and O–H groups in total. The van der Waals surface area contributed by atoms with Crippen molar-refractivity contribution < 1.29 is 9.18 Å². The molecule has 0 aromatic heterocycles. The first kappa shape index (κ1) is 14.8. The molecule has 0 atom stereocenters. The Balaban J connectivity index is 1.62. The second-order valence-electron chi connectivity index (χ2n) is 5.33. The van der Waals surface area contributed by atoms with Gasteiger partial charge in [-0.25, -0.2) is 4.39 Å². The first-order valence-corrected chi connectivity index (χ1v) is 7.43. The molecule has 0 bridgehead atoms. The number of nitrogens with one attached hydrogen (secondary N) is 1. The molecule has 3 heteroatoms. The zero-order valence-electron chi connectivity index (χ0n) is 11.8. The summed E-state index contributed by atoms with van der Waals surface area (Å²) >= 11 is 0. The predicted octanol–water partition coefficient (Wildman–Crippen LogP) is 3.77. The molecule has 0 unspecified atom stereocenters. The lowest BCUT2D eigenvalue weighted by Gasteiger charge is -2.12. The largest absolute Gasteiger partial charge is 0.356 e. The summed E-state index contributed by atoms with van der Waals surface area (Å²) in [6, 6.07) is 6.33. The summed E-state index contributed by atoms with van der Waals surface area (Å²) in [6.07, 6.45) is 9.37. The summed E-state index contributed by atoms with van der Waals surface area (Å²) in [5.74, 6) is -0.162. The van der Waals surface area contributed by atoms with Crippen LogP contribution in [0, 0.1) is 5.82 Å². The molecule has 0 spiro atoms. The number of hydrogen-bond acceptors (Lipinski definition) is 1. The van der Waals surface area contributed by atoms with Gasteiger partial charge in [0.1, 0.15) is 5.82 Å². The molecule has 1 aliphatic carbocycles. The zero-order chi connectivity index (χ0) is 14.2. The van der Waals surface area contributed by atoms with Gasteiger partial charge < -0.3 is 5.32 Å². The van der Waals surface area contributed by atoms with Gasteiger partial charge in [0.15, 0.2) is 0 Å². The average Bonchev–Trinajstić information content (AvgIpc) is 2.48. The van der Waals surface area contributed by atoms with Gasteiger partial charge in [0.2, 0.25) is 5.91 Å². The van der Waals surface area contributed by atoms with E-state index in [-0.39, 0.29) is 11.7 Å². The third-order valence-electron chi connectivity index (χ3n) is 3.71. The highest BCUT2D eigenvalue weighted by atomic mass is 19.1. The summed E-state index contributed by atoms with van der Waals surface area (Å²) in [5.41, 5.74) is 2.48. The van der Waals surface area contributed by atoms with Crippen LogP contribution in [-0.2, 0) is 11.2 Å². The molecule has 1 aliphatic rings. The number of benzene rings is 1. The van der Waals surface area contributed by atoms with Crippen LogP contribution in [0.25, 0.3) is 0 Å². The number of halogens is 1. The topological polar surface area (TPSA) is 29.1 Å². The summed E-state index contributed by atoms with van der Waals surface area (Å²) in [7, 11) is 0. The number of hydrogen-bond donors (Lipinski definition) is 1. The van der Waals surface area contributed by atoms with Crippen LogP contribution >= 0.6 is 0 Å². The number of amides is 1. The quantitative estimate of drug-likeness (QED) is 0.787. The van der Waals surface area contributed by atoms with Gasteiger partial charge in [0.25, 0.3) is 0 Å². The normalized spacial score (nSPS) is 14.8. The van der Waals surface area contributed by atoms with Crippen molar-refractivity contribution in [2.24, 2.45) is 0 Å². The van der Waals surface area contributed by atoms with Crippen LogP contribution in [0.15, 0.2) is 35.9 Å². The molecule has 0 saturated heterocycles. The van der Waals surface area contributed by atoms with Crippen LogP contribution in [0.2, 0.25) is 0 Å². The maximum atomic E-state index is 12.7. The molecule has 1 aromatic carbocycles. The van der Waals surface area contributed by atoms with Gasteiger partial charge in [-0.3, -0.25) is 4.79 Å². The molecule has 2 rings (SSSR count). The first-order valence-electron chi connectivity index (χ1n) is 7.43. The molecule has 1 aromatic rings. The maximum Gasteiger partial charge on any atom is 0.220 e. The molecule has 2 nitrogen and oxygen atoms in total. The van der Waals surface area contributed by atoms with E-state index in [1.54, 1.807) is 12.1 Å². The third-order valence-corrected chi connectivity index (χ3v) is 3.71. The zero-order valence-corrected chi connectivity index (χ0v) is 11.8. The van der Waals surface area contributed by atoms with Gasteiger partial charge in [-0.1, -0.05) is 23.8 Å². The molecular weight excluding hydrogens is 253 g/mol. The lowest BCUT2D eigenvalue weighted by Crippen LogP contribution is -2.25. The molecule has 0 aliphatic heterocycles. The molecule has 1 amide bonds. The van der Waals surface area contributed by atoms with Crippen molar-refractivity contribution >= 4 is 5.91 Å². The van der Waals surface area contributed by atoms with E-state index in [9.17, 15) is 9.18 Å². The molecule has 0 fully saturated rings. The Morgan fingerprint density at radius 2 is 1.95 bits per heavy atom. The highest BCUT2D eigenvalue weighted by molar-refractivity contribution is 5.76. The van der Waals surface area contributed by atoms with Gasteiger partial charge >= 0.3 is 0 Å². The Morgan fingerprint density at radius 3 is 2.65 bits per heavy atom. The molecule has 0 radical (unpaired) electrons. The number of carbonyl (C=O) groups is 1. The first-order chi connectivity index (χ1) is 9.74. The average molecular weight is 275 g/mol. The highest BCUT2D eigenvalue weighted by Crippen LogP contribution is 2.19. The predicted molar refractivity (Wildman–Crippen MR) is 78.9 cm³/mol. The van der Waals surface area contributed by atoms with Crippen molar-refractivity contribution in [1.82, 2.24) is 5.32 Å². The van der Waals surface area contributed by atoms with Crippen molar-refractivity contribution in [1.29, 1.82) is 0 Å². The Hall–Kier alpha value is -1.64. The van der Waals surface area contributed by atoms with Crippen LogP contribution in [0.4, 0.5) is 4.39 Å². The smallest absolute Gasteiger partial charge is 0.220 e. The lowest BCUT2D eigenvalue weighted by molar-refractivity contribution is -0.121. The third kappa shape index (κ3) is 5.16. The van der Waals surface area contributed by atoms with E-state index in [2.05, 4.69) is 11.4 Å². The number of allylic oxidation sites excluding steroid dienone is 1. The van der Waals surface area contributed by atoms with E-state index in [4.69, 9.17) is 0 Å². The second kappa shape index (κ2) is 7.83. The van der Waals surface area contributed by atoms with E-state index in [0.717, 1.165) is 18.5 Å². The molecule has 0 heterocycles. The van der Waals surface area contributed by atoms with E-state index in [0.29, 0.717) is 12.8 Å². The van der Waals surface area contributed by atoms with E-state index >= 15 is 0 Å². The van der Waals surface area contributed by atoms with Crippen LogP contribution in [0.1, 0.15) is 44.1 Å². The molecule has 108 valence electrons. The summed E-state index contributed by atoms with van der Waals surface area (Å²) in [6.45, 7) is 0.730. The van der Waals surface area contributed by atoms with Gasteiger partial charge in [-0.2, -0.15) is 0 Å². The van der Waals surface area contributed by atoms with Crippen molar-refractivity contribution in [2.75, 3.05) is 6.54 Å². The molecular formula is C17H22FNO. The van der Waals surface area contributed by atoms with Crippen LogP contribution in [0.3, 0.4) is 0 Å². The van der Waals surface area contributed by atoms with Crippen molar-refractivity contribution in [2.45, 2.75) is 44.9 Å². The fourth-order valence-corrected chi connectivity index (χ4v) is 2.49. The maximum absolute atomic E-state index is 12.7. The fraction of sp³-hybridized carbons (Fsp3) is 0.471. The summed E-state index contributed by atoms with van der Waals surface area (Å²) in [5, 5.41) is 2.96. The highest BCUT2D eigenvalue weighted by Gasteiger charge is 2.05. The number of aryl methyl sites for hydroxylation is 1. The minimum atomic E-state index is -0.237. The van der Waals surface area contributed by atoms with Gasteiger partial charge in [0.05, 0.1) is 0 Å². The van der Waals surface area contributed by atoms with Crippen molar-refractivity contribution in [3.63, 3.8) is 0 Å². The Kier molecular flexibility index (Phi) is 5.78. The fourth-order valence-electron chi connectivity index (χ4n) is 2.49. The number of carbonyl (C=O) groups excluding carboxylic acids is 1. The van der Waals surface area contributed by atoms with Crippen molar-refractivity contribution in [3.05, 3.63) is 47.3 Å². The summed E-state index contributed by atoms with van der Waals surface area (Å²) in [4.78, 5) is 11.7. The molecule has 20 heavy (non-hydrogen) atoms. The van der Waals surface area contributed by atoms with Gasteiger partial charge in [-0.05, 0) is 56.2 Å². The Bertz CT molecular complexity index is 464. The lowest BCUT2D eigenvalue weighted by atomic mass is 9.97. The Morgan fingerprint density at radius 1 is 1.15 bits per heavy atom. The summed E-state index contributed by atoms with van der Waals surface area (Å²) < 4.78 is 12.7. The monoisotopic (exact) mass is 275 g/mol. The standard InChI is InChI=1S/C17H22FNO/c18-16-9-6-15(7-10-16)8-11-17(20)19-13-12-14-4-2-1-3-5-14/h4,6-7,9-10H,1-3,5,8,11-13H2,(H,19,20). The van der Waals surface area contributed by atoms with Crippen LogP contribution in [0.5, 0.6) is 0 Å². The van der Waals surface area contributed by atoms with Gasteiger partial charge in [0, 0.05) is 13.0 Å². The van der Waals surface area contributed by atoms with Crippen LogP contribution in [-0.4, -0.2) is 12.5 Å². The SMILES string of the molecule is O=C(CCc1ccc(F)cc1)NCCC1=CCCCC1. The van der Waals surface area contributed by atoms with Crippen molar-refractivity contribution in [3.8, 4) is 0 Å². The van der Waals surface area contributed by atoms with E-state index in [1.807, 2.05) is 0 Å². The number of rotatable bonds is 6. The Labute approximate surface area is 120 Å². The minimum absolute atomic E-state index is 0.0748.